The first-order valence-electron chi connectivity index (χ1n) is 7.45. The number of rotatable bonds is 12. The number of nitrogens with zero attached hydrogens (tertiary/aromatic N) is 1. The summed E-state index contributed by atoms with van der Waals surface area (Å²) in [4.78, 5) is 13.6. The summed E-state index contributed by atoms with van der Waals surface area (Å²) >= 11 is 0. The van der Waals surface area contributed by atoms with Crippen LogP contribution in [0.2, 0.25) is 0 Å². The summed E-state index contributed by atoms with van der Waals surface area (Å²) in [6.45, 7) is 7.89. The van der Waals surface area contributed by atoms with Crippen LogP contribution in [0.5, 0.6) is 0 Å². The molecule has 0 amide bonds. The molecule has 0 N–H and O–H groups in total. The SMILES string of the molecule is CCCCC(CC)CN(CCOC)CCC(=O)OC. The Morgan fingerprint density at radius 2 is 1.95 bits per heavy atom. The molecule has 0 radical (unpaired) electrons. The number of hydrogen-bond donors (Lipinski definition) is 0. The van der Waals surface area contributed by atoms with Crippen LogP contribution in [0.1, 0.15) is 46.0 Å². The fourth-order valence-corrected chi connectivity index (χ4v) is 2.15. The Kier molecular flexibility index (Phi) is 12.0. The third-order valence-corrected chi connectivity index (χ3v) is 3.53. The third-order valence-electron chi connectivity index (χ3n) is 3.53. The standard InChI is InChI=1S/C15H31NO3/c1-5-7-8-14(6-2)13-16(11-12-18-3)10-9-15(17)19-4/h14H,5-13H2,1-4H3. The van der Waals surface area contributed by atoms with E-state index in [0.717, 1.165) is 25.6 Å². The van der Waals surface area contributed by atoms with Gasteiger partial charge in [-0.1, -0.05) is 33.1 Å². The highest BCUT2D eigenvalue weighted by molar-refractivity contribution is 5.69. The zero-order valence-electron chi connectivity index (χ0n) is 13.1. The van der Waals surface area contributed by atoms with E-state index in [1.807, 2.05) is 0 Å². The Labute approximate surface area is 118 Å². The van der Waals surface area contributed by atoms with Crippen LogP contribution in [-0.4, -0.2) is 51.3 Å². The molecule has 4 nitrogen and oxygen atoms in total. The zero-order chi connectivity index (χ0) is 14.5. The first-order chi connectivity index (χ1) is 9.17. The molecular weight excluding hydrogens is 242 g/mol. The van der Waals surface area contributed by atoms with Crippen molar-refractivity contribution in [2.75, 3.05) is 40.5 Å². The van der Waals surface area contributed by atoms with Gasteiger partial charge in [-0.15, -0.1) is 0 Å². The molecule has 114 valence electrons. The zero-order valence-corrected chi connectivity index (χ0v) is 13.1. The van der Waals surface area contributed by atoms with Gasteiger partial charge in [-0.05, 0) is 12.3 Å². The maximum absolute atomic E-state index is 11.2. The van der Waals surface area contributed by atoms with E-state index in [4.69, 9.17) is 9.47 Å². The Balaban J connectivity index is 4.17. The maximum Gasteiger partial charge on any atom is 0.306 e. The van der Waals surface area contributed by atoms with E-state index in [0.29, 0.717) is 13.0 Å². The second-order valence-electron chi connectivity index (χ2n) is 5.04. The van der Waals surface area contributed by atoms with Crippen molar-refractivity contribution in [1.82, 2.24) is 4.90 Å². The van der Waals surface area contributed by atoms with Crippen molar-refractivity contribution in [2.45, 2.75) is 46.0 Å². The molecule has 0 aliphatic rings. The Hall–Kier alpha value is -0.610. The summed E-state index contributed by atoms with van der Waals surface area (Å²) < 4.78 is 9.85. The Bertz CT molecular complexity index is 221. The number of carbonyl (C=O) groups is 1. The predicted molar refractivity (Wildman–Crippen MR) is 78.3 cm³/mol. The van der Waals surface area contributed by atoms with E-state index < -0.39 is 0 Å². The second-order valence-corrected chi connectivity index (χ2v) is 5.04. The van der Waals surface area contributed by atoms with E-state index in [9.17, 15) is 4.79 Å². The highest BCUT2D eigenvalue weighted by atomic mass is 16.5. The molecule has 0 spiro atoms. The van der Waals surface area contributed by atoms with Crippen molar-refractivity contribution in [3.05, 3.63) is 0 Å². The lowest BCUT2D eigenvalue weighted by Crippen LogP contribution is -2.34. The fraction of sp³-hybridized carbons (Fsp3) is 0.933. The molecule has 1 unspecified atom stereocenters. The van der Waals surface area contributed by atoms with Crippen LogP contribution < -0.4 is 0 Å². The molecule has 0 heterocycles. The van der Waals surface area contributed by atoms with Crippen LogP contribution >= 0.6 is 0 Å². The summed E-state index contributed by atoms with van der Waals surface area (Å²) in [5, 5.41) is 0. The Morgan fingerprint density at radius 1 is 1.21 bits per heavy atom. The van der Waals surface area contributed by atoms with Gasteiger partial charge in [-0.2, -0.15) is 0 Å². The number of hydrogen-bond acceptors (Lipinski definition) is 4. The fourth-order valence-electron chi connectivity index (χ4n) is 2.15. The topological polar surface area (TPSA) is 38.8 Å². The van der Waals surface area contributed by atoms with Crippen molar-refractivity contribution in [1.29, 1.82) is 0 Å². The number of unbranched alkanes of at least 4 members (excludes halogenated alkanes) is 1. The van der Waals surface area contributed by atoms with Crippen molar-refractivity contribution in [3.8, 4) is 0 Å². The van der Waals surface area contributed by atoms with Crippen LogP contribution in [0.3, 0.4) is 0 Å². The summed E-state index contributed by atoms with van der Waals surface area (Å²) in [5.41, 5.74) is 0. The lowest BCUT2D eigenvalue weighted by atomic mass is 9.98. The lowest BCUT2D eigenvalue weighted by molar-refractivity contribution is -0.141. The van der Waals surface area contributed by atoms with Crippen molar-refractivity contribution >= 4 is 5.97 Å². The van der Waals surface area contributed by atoms with Crippen LogP contribution in [0.15, 0.2) is 0 Å². The Morgan fingerprint density at radius 3 is 2.47 bits per heavy atom. The quantitative estimate of drug-likeness (QED) is 0.513. The molecule has 0 saturated carbocycles. The van der Waals surface area contributed by atoms with Gasteiger partial charge in [-0.25, -0.2) is 0 Å². The van der Waals surface area contributed by atoms with Crippen molar-refractivity contribution < 1.29 is 14.3 Å². The van der Waals surface area contributed by atoms with Gasteiger partial charge in [-0.3, -0.25) is 4.79 Å². The van der Waals surface area contributed by atoms with Gasteiger partial charge >= 0.3 is 5.97 Å². The molecule has 0 aromatic carbocycles. The minimum absolute atomic E-state index is 0.135. The van der Waals surface area contributed by atoms with Crippen LogP contribution in [0.25, 0.3) is 0 Å². The third kappa shape index (κ3) is 9.91. The first kappa shape index (κ1) is 18.4. The highest BCUT2D eigenvalue weighted by Crippen LogP contribution is 2.14. The van der Waals surface area contributed by atoms with E-state index in [1.54, 1.807) is 7.11 Å². The number of methoxy groups -OCH3 is 2. The monoisotopic (exact) mass is 273 g/mol. The molecule has 0 bridgehead atoms. The molecule has 4 heteroatoms. The van der Waals surface area contributed by atoms with Gasteiger partial charge < -0.3 is 14.4 Å². The molecule has 19 heavy (non-hydrogen) atoms. The largest absolute Gasteiger partial charge is 0.469 e. The normalized spacial score (nSPS) is 12.7. The first-order valence-corrected chi connectivity index (χ1v) is 7.45. The second kappa shape index (κ2) is 12.4. The predicted octanol–water partition coefficient (Wildman–Crippen LogP) is 2.71. The van der Waals surface area contributed by atoms with Crippen LogP contribution in [0, 0.1) is 5.92 Å². The summed E-state index contributed by atoms with van der Waals surface area (Å²) in [7, 11) is 3.16. The molecule has 1 atom stereocenters. The average Bonchev–Trinajstić information content (AvgIpc) is 2.44. The maximum atomic E-state index is 11.2. The average molecular weight is 273 g/mol. The minimum atomic E-state index is -0.135. The molecule has 0 rings (SSSR count). The summed E-state index contributed by atoms with van der Waals surface area (Å²) in [6, 6.07) is 0. The van der Waals surface area contributed by atoms with E-state index in [1.165, 1.54) is 32.8 Å². The van der Waals surface area contributed by atoms with Gasteiger partial charge in [0.25, 0.3) is 0 Å². The smallest absolute Gasteiger partial charge is 0.306 e. The van der Waals surface area contributed by atoms with E-state index >= 15 is 0 Å². The van der Waals surface area contributed by atoms with Crippen molar-refractivity contribution in [2.24, 2.45) is 5.92 Å². The molecule has 0 saturated heterocycles. The number of ether oxygens (including phenoxy) is 2. The van der Waals surface area contributed by atoms with Crippen LogP contribution in [0.4, 0.5) is 0 Å². The van der Waals surface area contributed by atoms with Gasteiger partial charge in [0.05, 0.1) is 20.1 Å². The van der Waals surface area contributed by atoms with Gasteiger partial charge in [0.1, 0.15) is 0 Å². The molecular formula is C15H31NO3. The summed E-state index contributed by atoms with van der Waals surface area (Å²) in [5.74, 6) is 0.582. The molecule has 0 aliphatic carbocycles. The minimum Gasteiger partial charge on any atom is -0.469 e. The summed E-state index contributed by atoms with van der Waals surface area (Å²) in [6.07, 6.45) is 5.46. The molecule has 0 aromatic rings. The van der Waals surface area contributed by atoms with Gasteiger partial charge in [0.2, 0.25) is 0 Å². The van der Waals surface area contributed by atoms with Gasteiger partial charge in [0.15, 0.2) is 0 Å². The number of esters is 1. The molecule has 0 aliphatic heterocycles. The van der Waals surface area contributed by atoms with E-state index in [-0.39, 0.29) is 5.97 Å². The lowest BCUT2D eigenvalue weighted by Gasteiger charge is -2.26. The van der Waals surface area contributed by atoms with Crippen LogP contribution in [-0.2, 0) is 14.3 Å². The van der Waals surface area contributed by atoms with E-state index in [2.05, 4.69) is 18.7 Å². The molecule has 0 fully saturated rings. The number of carbonyl (C=O) groups excluding carboxylic acids is 1. The highest BCUT2D eigenvalue weighted by Gasteiger charge is 2.14. The molecule has 0 aromatic heterocycles. The van der Waals surface area contributed by atoms with Crippen molar-refractivity contribution in [3.63, 3.8) is 0 Å². The van der Waals surface area contributed by atoms with Gasteiger partial charge in [0, 0.05) is 26.7 Å².